The number of carbonyl (C=O) groups excluding carboxylic acids is 2. The predicted molar refractivity (Wildman–Crippen MR) is 115 cm³/mol. The van der Waals surface area contributed by atoms with Gasteiger partial charge >= 0.3 is 0 Å². The molecule has 8 nitrogen and oxygen atoms in total. The van der Waals surface area contributed by atoms with E-state index < -0.39 is 0 Å². The monoisotopic (exact) mass is 433 g/mol. The molecule has 162 valence electrons. The average molecular weight is 434 g/mol. The third-order valence-electron chi connectivity index (χ3n) is 5.11. The lowest BCUT2D eigenvalue weighted by Crippen LogP contribution is -2.34. The molecule has 0 bridgehead atoms. The first-order valence-electron chi connectivity index (χ1n) is 9.90. The third-order valence-corrected chi connectivity index (χ3v) is 5.35. The van der Waals surface area contributed by atoms with E-state index in [-0.39, 0.29) is 30.5 Å². The maximum absolute atomic E-state index is 11.8. The number of aromatic nitrogens is 2. The summed E-state index contributed by atoms with van der Waals surface area (Å²) in [6.45, 7) is 3.50. The molecule has 30 heavy (non-hydrogen) atoms. The van der Waals surface area contributed by atoms with E-state index in [1.54, 1.807) is 20.3 Å². The van der Waals surface area contributed by atoms with Crippen molar-refractivity contribution < 1.29 is 14.3 Å². The van der Waals surface area contributed by atoms with Crippen molar-refractivity contribution in [3.8, 4) is 0 Å². The minimum Gasteiger partial charge on any atom is -0.370 e. The lowest BCUT2D eigenvalue weighted by atomic mass is 10.1. The van der Waals surface area contributed by atoms with Gasteiger partial charge in [0.1, 0.15) is 6.61 Å². The minimum absolute atomic E-state index is 0.0574. The van der Waals surface area contributed by atoms with Gasteiger partial charge in [0, 0.05) is 51.4 Å². The molecular formula is C21H28ClN5O3. The molecule has 0 aliphatic carbocycles. The van der Waals surface area contributed by atoms with Crippen LogP contribution in [0.15, 0.2) is 36.7 Å². The predicted octanol–water partition coefficient (Wildman–Crippen LogP) is 2.42. The Morgan fingerprint density at radius 1 is 1.37 bits per heavy atom. The number of likely N-dealkylation sites (tertiary alicyclic amines) is 1. The normalized spacial score (nSPS) is 19.1. The molecule has 2 atom stereocenters. The Kier molecular flexibility index (Phi) is 7.47. The van der Waals surface area contributed by atoms with Crippen molar-refractivity contribution in [2.45, 2.75) is 32.0 Å². The summed E-state index contributed by atoms with van der Waals surface area (Å²) in [7, 11) is 3.43. The highest BCUT2D eigenvalue weighted by atomic mass is 35.5. The summed E-state index contributed by atoms with van der Waals surface area (Å²) in [5.74, 6) is -0.182. The van der Waals surface area contributed by atoms with Crippen molar-refractivity contribution in [1.82, 2.24) is 19.6 Å². The molecule has 1 aliphatic rings. The van der Waals surface area contributed by atoms with E-state index in [1.165, 1.54) is 11.8 Å². The van der Waals surface area contributed by atoms with Crippen LogP contribution in [-0.4, -0.2) is 71.3 Å². The van der Waals surface area contributed by atoms with Gasteiger partial charge in [0.05, 0.1) is 24.5 Å². The van der Waals surface area contributed by atoms with Crippen LogP contribution in [0.5, 0.6) is 0 Å². The van der Waals surface area contributed by atoms with Gasteiger partial charge in [-0.1, -0.05) is 23.7 Å². The van der Waals surface area contributed by atoms with Crippen LogP contribution >= 0.6 is 11.6 Å². The van der Waals surface area contributed by atoms with Crippen LogP contribution in [0.3, 0.4) is 0 Å². The average Bonchev–Trinajstić information content (AvgIpc) is 3.28. The van der Waals surface area contributed by atoms with Crippen LogP contribution in [-0.2, 0) is 20.9 Å². The summed E-state index contributed by atoms with van der Waals surface area (Å²) in [5, 5.41) is 7.89. The molecule has 3 rings (SSSR count). The molecule has 1 fully saturated rings. The molecule has 1 aromatic carbocycles. The number of amides is 2. The molecule has 9 heteroatoms. The van der Waals surface area contributed by atoms with Crippen molar-refractivity contribution in [3.05, 3.63) is 47.2 Å². The second kappa shape index (κ2) is 10.1. The van der Waals surface area contributed by atoms with Crippen molar-refractivity contribution in [3.63, 3.8) is 0 Å². The van der Waals surface area contributed by atoms with E-state index in [1.807, 2.05) is 29.1 Å². The molecule has 0 saturated carbocycles. The molecular weight excluding hydrogens is 406 g/mol. The number of carbonyl (C=O) groups is 2. The van der Waals surface area contributed by atoms with Gasteiger partial charge in [0.15, 0.2) is 0 Å². The SMILES string of the molecule is CC(=O)Nc1cnn([C@H]2C[C@@H](COCC(=O)N(C)C)N(Cc3cccc(Cl)c3)C2)c1. The van der Waals surface area contributed by atoms with Crippen LogP contribution in [0.4, 0.5) is 5.69 Å². The summed E-state index contributed by atoms with van der Waals surface area (Å²) in [6.07, 6.45) is 4.34. The smallest absolute Gasteiger partial charge is 0.248 e. The fraction of sp³-hybridized carbons (Fsp3) is 0.476. The Hall–Kier alpha value is -2.42. The van der Waals surface area contributed by atoms with E-state index in [0.717, 1.165) is 25.1 Å². The zero-order valence-corrected chi connectivity index (χ0v) is 18.3. The second-order valence-corrected chi connectivity index (χ2v) is 8.23. The largest absolute Gasteiger partial charge is 0.370 e. The Bertz CT molecular complexity index is 885. The standard InChI is InChI=1S/C21H28ClN5O3/c1-15(28)24-18-9-23-27(11-18)19-8-20(13-30-14-21(29)25(2)3)26(12-19)10-16-5-4-6-17(22)7-16/h4-7,9,11,19-20H,8,10,12-14H2,1-3H3,(H,24,28)/t19-,20-/m0/s1. The fourth-order valence-electron chi connectivity index (χ4n) is 3.60. The van der Waals surface area contributed by atoms with Gasteiger partial charge < -0.3 is 15.0 Å². The van der Waals surface area contributed by atoms with E-state index in [0.29, 0.717) is 17.3 Å². The van der Waals surface area contributed by atoms with Crippen LogP contribution < -0.4 is 5.32 Å². The number of rotatable bonds is 8. The van der Waals surface area contributed by atoms with E-state index >= 15 is 0 Å². The topological polar surface area (TPSA) is 79.7 Å². The zero-order chi connectivity index (χ0) is 21.7. The van der Waals surface area contributed by atoms with Gasteiger partial charge in [-0.05, 0) is 24.1 Å². The lowest BCUT2D eigenvalue weighted by Gasteiger charge is -2.24. The molecule has 0 radical (unpaired) electrons. The number of likely N-dealkylation sites (N-methyl/N-ethyl adjacent to an activating group) is 1. The summed E-state index contributed by atoms with van der Waals surface area (Å²) in [4.78, 5) is 27.0. The Morgan fingerprint density at radius 2 is 2.17 bits per heavy atom. The number of halogens is 1. The van der Waals surface area contributed by atoms with Crippen molar-refractivity contribution in [2.24, 2.45) is 0 Å². The summed E-state index contributed by atoms with van der Waals surface area (Å²) < 4.78 is 7.62. The Labute approximate surface area is 181 Å². The van der Waals surface area contributed by atoms with Crippen molar-refractivity contribution in [2.75, 3.05) is 39.2 Å². The van der Waals surface area contributed by atoms with E-state index in [2.05, 4.69) is 21.4 Å². The van der Waals surface area contributed by atoms with Crippen LogP contribution in [0, 0.1) is 0 Å². The highest BCUT2D eigenvalue weighted by molar-refractivity contribution is 6.30. The first-order chi connectivity index (χ1) is 14.3. The van der Waals surface area contributed by atoms with Gasteiger partial charge in [-0.3, -0.25) is 19.2 Å². The molecule has 1 saturated heterocycles. The molecule has 1 aliphatic heterocycles. The van der Waals surface area contributed by atoms with Gasteiger partial charge in [-0.25, -0.2) is 0 Å². The van der Waals surface area contributed by atoms with Crippen LogP contribution in [0.2, 0.25) is 5.02 Å². The number of hydrogen-bond acceptors (Lipinski definition) is 5. The number of nitrogens with zero attached hydrogens (tertiary/aromatic N) is 4. The van der Waals surface area contributed by atoms with E-state index in [9.17, 15) is 9.59 Å². The van der Waals surface area contributed by atoms with Gasteiger partial charge in [-0.2, -0.15) is 5.10 Å². The quantitative estimate of drug-likeness (QED) is 0.691. The molecule has 1 aromatic heterocycles. The van der Waals surface area contributed by atoms with Crippen molar-refractivity contribution in [1.29, 1.82) is 0 Å². The first-order valence-corrected chi connectivity index (χ1v) is 10.3. The second-order valence-electron chi connectivity index (χ2n) is 7.80. The molecule has 1 N–H and O–H groups in total. The highest BCUT2D eigenvalue weighted by Gasteiger charge is 2.34. The van der Waals surface area contributed by atoms with Crippen LogP contribution in [0.1, 0.15) is 24.9 Å². The maximum atomic E-state index is 11.8. The summed E-state index contributed by atoms with van der Waals surface area (Å²) in [6, 6.07) is 8.10. The zero-order valence-electron chi connectivity index (χ0n) is 17.5. The number of benzene rings is 1. The number of hydrogen-bond donors (Lipinski definition) is 1. The minimum atomic E-state index is -0.125. The molecule has 0 unspecified atom stereocenters. The van der Waals surface area contributed by atoms with Crippen molar-refractivity contribution >= 4 is 29.1 Å². The number of nitrogens with one attached hydrogen (secondary N) is 1. The maximum Gasteiger partial charge on any atom is 0.248 e. The molecule has 2 aromatic rings. The summed E-state index contributed by atoms with van der Waals surface area (Å²) in [5.41, 5.74) is 1.80. The molecule has 2 amide bonds. The number of ether oxygens (including phenoxy) is 1. The van der Waals surface area contributed by atoms with Gasteiger partial charge in [-0.15, -0.1) is 0 Å². The van der Waals surface area contributed by atoms with Crippen LogP contribution in [0.25, 0.3) is 0 Å². The third kappa shape index (κ3) is 6.04. The van der Waals surface area contributed by atoms with Gasteiger partial charge in [0.25, 0.3) is 0 Å². The first kappa shape index (κ1) is 22.3. The Balaban J connectivity index is 1.69. The lowest BCUT2D eigenvalue weighted by molar-refractivity contribution is -0.134. The molecule has 0 spiro atoms. The summed E-state index contributed by atoms with van der Waals surface area (Å²) >= 11 is 6.15. The van der Waals surface area contributed by atoms with Gasteiger partial charge in [0.2, 0.25) is 11.8 Å². The number of anilines is 1. The Morgan fingerprint density at radius 3 is 2.87 bits per heavy atom. The molecule has 2 heterocycles. The highest BCUT2D eigenvalue weighted by Crippen LogP contribution is 2.30. The van der Waals surface area contributed by atoms with E-state index in [4.69, 9.17) is 16.3 Å². The fourth-order valence-corrected chi connectivity index (χ4v) is 3.82.